The average molecular weight is 306 g/mol. The van der Waals surface area contributed by atoms with E-state index >= 15 is 0 Å². The zero-order valence-corrected chi connectivity index (χ0v) is 11.6. The van der Waals surface area contributed by atoms with Crippen LogP contribution in [0.2, 0.25) is 0 Å². The summed E-state index contributed by atoms with van der Waals surface area (Å²) >= 11 is 0. The maximum Gasteiger partial charge on any atom is 0.393 e. The summed E-state index contributed by atoms with van der Waals surface area (Å²) < 4.78 is 43.1. The first kappa shape index (κ1) is 18.5. The van der Waals surface area contributed by atoms with Gasteiger partial charge < -0.3 is 9.84 Å². The lowest BCUT2D eigenvalue weighted by atomic mass is 9.96. The third-order valence-electron chi connectivity index (χ3n) is 3.45. The van der Waals surface area contributed by atoms with E-state index < -0.39 is 24.0 Å². The topological polar surface area (TPSA) is 49.8 Å². The van der Waals surface area contributed by atoms with Crippen LogP contribution in [-0.4, -0.2) is 55.0 Å². The first-order valence-electron chi connectivity index (χ1n) is 5.80. The van der Waals surface area contributed by atoms with Gasteiger partial charge in [0.2, 0.25) is 0 Å². The number of rotatable bonds is 5. The van der Waals surface area contributed by atoms with Gasteiger partial charge in [0.05, 0.1) is 11.8 Å². The Morgan fingerprint density at radius 1 is 1.47 bits per heavy atom. The van der Waals surface area contributed by atoms with Gasteiger partial charge in [0, 0.05) is 32.8 Å². The summed E-state index contributed by atoms with van der Waals surface area (Å²) in [4.78, 5) is 12.5. The highest BCUT2D eigenvalue weighted by atomic mass is 35.5. The summed E-state index contributed by atoms with van der Waals surface area (Å²) in [5.74, 6) is -4.52. The number of carboxylic acid groups (broad SMARTS) is 1. The largest absolute Gasteiger partial charge is 0.481 e. The van der Waals surface area contributed by atoms with E-state index in [-0.39, 0.29) is 31.5 Å². The highest BCUT2D eigenvalue weighted by molar-refractivity contribution is 5.85. The predicted molar refractivity (Wildman–Crippen MR) is 65.4 cm³/mol. The molecule has 1 saturated heterocycles. The number of halogens is 4. The molecule has 19 heavy (non-hydrogen) atoms. The van der Waals surface area contributed by atoms with Gasteiger partial charge in [0.25, 0.3) is 0 Å². The maximum absolute atomic E-state index is 12.7. The monoisotopic (exact) mass is 305 g/mol. The minimum absolute atomic E-state index is 0. The second-order valence-electron chi connectivity index (χ2n) is 4.68. The number of methoxy groups -OCH3 is 1. The molecule has 0 aliphatic carbocycles. The Kier molecular flexibility index (Phi) is 7.10. The van der Waals surface area contributed by atoms with Gasteiger partial charge in [-0.05, 0) is 13.3 Å². The third-order valence-corrected chi connectivity index (χ3v) is 3.45. The van der Waals surface area contributed by atoms with Gasteiger partial charge in [-0.25, -0.2) is 0 Å². The Bertz CT molecular complexity index is 301. The van der Waals surface area contributed by atoms with Crippen molar-refractivity contribution >= 4 is 18.4 Å². The fraction of sp³-hybridized carbons (Fsp3) is 0.909. The maximum atomic E-state index is 12.7. The third kappa shape index (κ3) is 4.81. The van der Waals surface area contributed by atoms with Crippen LogP contribution in [0.3, 0.4) is 0 Å². The van der Waals surface area contributed by atoms with Crippen molar-refractivity contribution in [3.05, 3.63) is 0 Å². The van der Waals surface area contributed by atoms with Crippen molar-refractivity contribution in [2.45, 2.75) is 25.6 Å². The van der Waals surface area contributed by atoms with Crippen LogP contribution in [0.15, 0.2) is 0 Å². The Morgan fingerprint density at radius 2 is 2.05 bits per heavy atom. The van der Waals surface area contributed by atoms with Crippen molar-refractivity contribution in [2.75, 3.05) is 26.8 Å². The Hall–Kier alpha value is -0.530. The van der Waals surface area contributed by atoms with E-state index in [9.17, 15) is 18.0 Å². The van der Waals surface area contributed by atoms with E-state index in [1.807, 2.05) is 0 Å². The summed E-state index contributed by atoms with van der Waals surface area (Å²) in [6.45, 7) is 1.94. The molecule has 0 aromatic rings. The molecular formula is C11H19ClF3NO3. The van der Waals surface area contributed by atoms with E-state index in [1.165, 1.54) is 7.11 Å². The number of aliphatic carboxylic acids is 1. The molecule has 0 aromatic carbocycles. The Balaban J connectivity index is 0.00000324. The minimum atomic E-state index is -4.46. The molecule has 1 N–H and O–H groups in total. The summed E-state index contributed by atoms with van der Waals surface area (Å²) in [5.41, 5.74) is 0. The zero-order valence-electron chi connectivity index (χ0n) is 10.8. The molecule has 1 heterocycles. The molecule has 0 amide bonds. The molecular weight excluding hydrogens is 287 g/mol. The van der Waals surface area contributed by atoms with Crippen LogP contribution in [-0.2, 0) is 9.53 Å². The lowest BCUT2D eigenvalue weighted by Crippen LogP contribution is -2.34. The number of ether oxygens (including phenoxy) is 1. The van der Waals surface area contributed by atoms with Gasteiger partial charge in [-0.15, -0.1) is 12.4 Å². The number of likely N-dealkylation sites (tertiary alicyclic amines) is 1. The highest BCUT2D eigenvalue weighted by Gasteiger charge is 2.53. The molecule has 1 rings (SSSR count). The summed E-state index contributed by atoms with van der Waals surface area (Å²) in [7, 11) is 1.52. The smallest absolute Gasteiger partial charge is 0.393 e. The van der Waals surface area contributed by atoms with Crippen LogP contribution in [0.5, 0.6) is 0 Å². The first-order valence-corrected chi connectivity index (χ1v) is 5.80. The molecule has 0 radical (unpaired) electrons. The van der Waals surface area contributed by atoms with Gasteiger partial charge >= 0.3 is 12.1 Å². The van der Waals surface area contributed by atoms with Gasteiger partial charge in [0.1, 0.15) is 0 Å². The van der Waals surface area contributed by atoms with Crippen LogP contribution < -0.4 is 0 Å². The molecule has 0 bridgehead atoms. The van der Waals surface area contributed by atoms with Crippen LogP contribution in [0, 0.1) is 11.8 Å². The quantitative estimate of drug-likeness (QED) is 0.844. The Labute approximate surface area is 116 Å². The number of carboxylic acids is 1. The number of carbonyl (C=O) groups is 1. The molecule has 0 saturated carbocycles. The average Bonchev–Trinajstić information content (AvgIpc) is 2.70. The van der Waals surface area contributed by atoms with Crippen molar-refractivity contribution < 1.29 is 27.8 Å². The lowest BCUT2D eigenvalue weighted by Gasteiger charge is -2.24. The number of alkyl halides is 3. The van der Waals surface area contributed by atoms with E-state index in [4.69, 9.17) is 9.84 Å². The van der Waals surface area contributed by atoms with Crippen LogP contribution in [0.1, 0.15) is 13.3 Å². The van der Waals surface area contributed by atoms with Crippen LogP contribution in [0.4, 0.5) is 13.2 Å². The second-order valence-corrected chi connectivity index (χ2v) is 4.68. The zero-order chi connectivity index (χ0) is 13.9. The molecule has 4 nitrogen and oxygen atoms in total. The van der Waals surface area contributed by atoms with Crippen molar-refractivity contribution in [2.24, 2.45) is 11.8 Å². The SMILES string of the molecule is COCCC(C)N1C[C@@H](C(F)(F)F)[C@H](C(=O)O)C1.Cl. The van der Waals surface area contributed by atoms with Crippen molar-refractivity contribution in [3.63, 3.8) is 0 Å². The molecule has 3 atom stereocenters. The van der Waals surface area contributed by atoms with Crippen molar-refractivity contribution in [3.8, 4) is 0 Å². The van der Waals surface area contributed by atoms with E-state index in [0.717, 1.165) is 0 Å². The number of hydrogen-bond acceptors (Lipinski definition) is 3. The minimum Gasteiger partial charge on any atom is -0.481 e. The Morgan fingerprint density at radius 3 is 2.42 bits per heavy atom. The number of nitrogens with zero attached hydrogens (tertiary/aromatic N) is 1. The molecule has 1 unspecified atom stereocenters. The fourth-order valence-electron chi connectivity index (χ4n) is 2.25. The standard InChI is InChI=1S/C11H18F3NO3.ClH/c1-7(3-4-18-2)15-5-8(10(16)17)9(6-15)11(12,13)14;/h7-9H,3-6H2,1-2H3,(H,16,17);1H/t7?,8-,9-;/m1./s1. The van der Waals surface area contributed by atoms with Gasteiger partial charge in [0.15, 0.2) is 0 Å². The molecule has 1 fully saturated rings. The van der Waals surface area contributed by atoms with E-state index in [0.29, 0.717) is 13.0 Å². The van der Waals surface area contributed by atoms with Crippen molar-refractivity contribution in [1.29, 1.82) is 0 Å². The predicted octanol–water partition coefficient (Wildman–Crippen LogP) is 2.03. The molecule has 8 heteroatoms. The van der Waals surface area contributed by atoms with E-state index in [2.05, 4.69) is 0 Å². The fourth-order valence-corrected chi connectivity index (χ4v) is 2.25. The highest BCUT2D eigenvalue weighted by Crippen LogP contribution is 2.38. The molecule has 1 aliphatic rings. The van der Waals surface area contributed by atoms with Crippen LogP contribution >= 0.6 is 12.4 Å². The normalized spacial score (nSPS) is 25.9. The summed E-state index contributed by atoms with van der Waals surface area (Å²) in [6.07, 6.45) is -3.87. The van der Waals surface area contributed by atoms with E-state index in [1.54, 1.807) is 11.8 Å². The van der Waals surface area contributed by atoms with Gasteiger partial charge in [-0.2, -0.15) is 13.2 Å². The lowest BCUT2D eigenvalue weighted by molar-refractivity contribution is -0.188. The molecule has 1 aliphatic heterocycles. The molecule has 114 valence electrons. The second kappa shape index (κ2) is 7.31. The van der Waals surface area contributed by atoms with Gasteiger partial charge in [-0.1, -0.05) is 0 Å². The van der Waals surface area contributed by atoms with Crippen LogP contribution in [0.25, 0.3) is 0 Å². The number of hydrogen-bond donors (Lipinski definition) is 1. The summed E-state index contributed by atoms with van der Waals surface area (Å²) in [6, 6.07) is -0.112. The summed E-state index contributed by atoms with van der Waals surface area (Å²) in [5, 5.41) is 8.87. The first-order chi connectivity index (χ1) is 8.27. The molecule has 0 aromatic heterocycles. The molecule has 0 spiro atoms. The van der Waals surface area contributed by atoms with Gasteiger partial charge in [-0.3, -0.25) is 9.69 Å². The van der Waals surface area contributed by atoms with Crippen molar-refractivity contribution in [1.82, 2.24) is 4.90 Å².